The summed E-state index contributed by atoms with van der Waals surface area (Å²) in [5.41, 5.74) is 3.69. The van der Waals surface area contributed by atoms with Gasteiger partial charge in [0.05, 0.1) is 7.11 Å². The lowest BCUT2D eigenvalue weighted by molar-refractivity contribution is -0.119. The molecule has 34 heavy (non-hydrogen) atoms. The van der Waals surface area contributed by atoms with Crippen molar-refractivity contribution in [1.82, 2.24) is 4.90 Å². The molecule has 0 amide bonds. The predicted molar refractivity (Wildman–Crippen MR) is 130 cm³/mol. The zero-order valence-corrected chi connectivity index (χ0v) is 21.1. The fourth-order valence-corrected chi connectivity index (χ4v) is 5.95. The second-order valence-electron chi connectivity index (χ2n) is 11.5. The number of carboxylic acids is 1. The van der Waals surface area contributed by atoms with Crippen LogP contribution in [-0.4, -0.2) is 41.2 Å². The van der Waals surface area contributed by atoms with Crippen LogP contribution in [0.15, 0.2) is 40.7 Å². The molecule has 1 aromatic rings. The standard InChI is InChI=1S/C28H35NO5/c1-7-10-29-18-12-27(2,3)14-20(30)24(18)23(25-19(29)13-28(4,5)15-21(25)31)16-8-9-22(34-6)17(11-16)26(32)33/h8-9,11,23H,7,10,12-15H2,1-6H3,(H,32,33). The molecule has 0 atom stereocenters. The molecule has 0 saturated heterocycles. The lowest BCUT2D eigenvalue weighted by Gasteiger charge is -2.49. The fourth-order valence-electron chi connectivity index (χ4n) is 5.95. The first kappa shape index (κ1) is 24.2. The summed E-state index contributed by atoms with van der Waals surface area (Å²) in [4.78, 5) is 41.6. The molecule has 0 fully saturated rings. The first-order valence-electron chi connectivity index (χ1n) is 12.1. The molecule has 4 rings (SSSR count). The molecule has 0 spiro atoms. The number of aromatic carboxylic acids is 1. The van der Waals surface area contributed by atoms with Crippen molar-refractivity contribution in [3.05, 3.63) is 51.9 Å². The number of carbonyl (C=O) groups excluding carboxylic acids is 2. The average molecular weight is 466 g/mol. The van der Waals surface area contributed by atoms with E-state index in [1.54, 1.807) is 18.2 Å². The SMILES string of the molecule is CCCN1C2=C(C(=O)CC(C)(C)C2)C(c2ccc(OC)c(C(=O)O)c2)C2=C1CC(C)(C)CC2=O. The Hall–Kier alpha value is -2.89. The molecule has 1 aliphatic heterocycles. The molecule has 0 aromatic heterocycles. The minimum Gasteiger partial charge on any atom is -0.496 e. The van der Waals surface area contributed by atoms with Gasteiger partial charge in [0, 0.05) is 47.8 Å². The van der Waals surface area contributed by atoms with Crippen LogP contribution in [0, 0.1) is 10.8 Å². The van der Waals surface area contributed by atoms with Crippen molar-refractivity contribution in [3.8, 4) is 5.75 Å². The van der Waals surface area contributed by atoms with E-state index in [1.807, 2.05) is 0 Å². The number of hydrogen-bond donors (Lipinski definition) is 1. The van der Waals surface area contributed by atoms with Crippen LogP contribution in [0.1, 0.15) is 88.6 Å². The van der Waals surface area contributed by atoms with Gasteiger partial charge < -0.3 is 14.7 Å². The number of methoxy groups -OCH3 is 1. The summed E-state index contributed by atoms with van der Waals surface area (Å²) in [5, 5.41) is 9.79. The van der Waals surface area contributed by atoms with Crippen molar-refractivity contribution in [3.63, 3.8) is 0 Å². The molecule has 0 radical (unpaired) electrons. The molecule has 0 saturated carbocycles. The summed E-state index contributed by atoms with van der Waals surface area (Å²) >= 11 is 0. The first-order valence-corrected chi connectivity index (χ1v) is 12.1. The van der Waals surface area contributed by atoms with Crippen LogP contribution in [0.25, 0.3) is 0 Å². The van der Waals surface area contributed by atoms with Crippen LogP contribution in [0.2, 0.25) is 0 Å². The Kier molecular flexibility index (Phi) is 5.99. The van der Waals surface area contributed by atoms with Gasteiger partial charge >= 0.3 is 5.97 Å². The zero-order chi connectivity index (χ0) is 25.0. The van der Waals surface area contributed by atoms with Gasteiger partial charge in [0.25, 0.3) is 0 Å². The molecule has 0 unspecified atom stereocenters. The lowest BCUT2D eigenvalue weighted by atomic mass is 9.63. The minimum atomic E-state index is -1.10. The summed E-state index contributed by atoms with van der Waals surface area (Å²) in [6.07, 6.45) is 3.21. The quantitative estimate of drug-likeness (QED) is 0.619. The Labute approximate surface area is 201 Å². The van der Waals surface area contributed by atoms with Crippen molar-refractivity contribution in [2.24, 2.45) is 10.8 Å². The van der Waals surface area contributed by atoms with Crippen molar-refractivity contribution in [2.45, 2.75) is 72.6 Å². The van der Waals surface area contributed by atoms with E-state index in [2.05, 4.69) is 39.5 Å². The van der Waals surface area contributed by atoms with Gasteiger partial charge in [-0.25, -0.2) is 4.79 Å². The van der Waals surface area contributed by atoms with E-state index >= 15 is 0 Å². The van der Waals surface area contributed by atoms with Crippen LogP contribution < -0.4 is 4.74 Å². The van der Waals surface area contributed by atoms with E-state index in [4.69, 9.17) is 4.74 Å². The molecule has 2 aliphatic carbocycles. The van der Waals surface area contributed by atoms with E-state index in [1.165, 1.54) is 7.11 Å². The summed E-state index contributed by atoms with van der Waals surface area (Å²) in [7, 11) is 1.44. The van der Waals surface area contributed by atoms with Gasteiger partial charge in [0.2, 0.25) is 0 Å². The number of Topliss-reactive ketones (excluding diaryl/α,β-unsaturated/α-hetero) is 2. The van der Waals surface area contributed by atoms with Crippen LogP contribution in [0.3, 0.4) is 0 Å². The van der Waals surface area contributed by atoms with Gasteiger partial charge in [0.1, 0.15) is 11.3 Å². The molecular weight excluding hydrogens is 430 g/mol. The number of ketones is 2. The highest BCUT2D eigenvalue weighted by molar-refractivity contribution is 6.07. The Morgan fingerprint density at radius 1 is 1.00 bits per heavy atom. The van der Waals surface area contributed by atoms with Gasteiger partial charge in [0.15, 0.2) is 11.6 Å². The van der Waals surface area contributed by atoms with Gasteiger partial charge in [-0.15, -0.1) is 0 Å². The summed E-state index contributed by atoms with van der Waals surface area (Å²) in [5.74, 6) is -1.29. The average Bonchev–Trinajstić information content (AvgIpc) is 2.72. The van der Waals surface area contributed by atoms with Crippen molar-refractivity contribution < 1.29 is 24.2 Å². The highest BCUT2D eigenvalue weighted by Gasteiger charge is 2.48. The fraction of sp³-hybridized carbons (Fsp3) is 0.536. The van der Waals surface area contributed by atoms with E-state index in [0.29, 0.717) is 29.6 Å². The van der Waals surface area contributed by atoms with Crippen molar-refractivity contribution >= 4 is 17.5 Å². The number of carboxylic acid groups (broad SMARTS) is 1. The van der Waals surface area contributed by atoms with E-state index in [-0.39, 0.29) is 33.7 Å². The van der Waals surface area contributed by atoms with E-state index in [9.17, 15) is 19.5 Å². The Bertz CT molecular complexity index is 1080. The molecule has 3 aliphatic rings. The topological polar surface area (TPSA) is 83.9 Å². The predicted octanol–water partition coefficient (Wildman–Crippen LogP) is 5.49. The maximum atomic E-state index is 13.7. The normalized spacial score (nSPS) is 22.0. The number of hydrogen-bond acceptors (Lipinski definition) is 5. The minimum absolute atomic E-state index is 0.0347. The summed E-state index contributed by atoms with van der Waals surface area (Å²) in [6, 6.07) is 5.02. The maximum absolute atomic E-state index is 13.7. The largest absolute Gasteiger partial charge is 0.496 e. The molecule has 1 heterocycles. The second-order valence-corrected chi connectivity index (χ2v) is 11.5. The van der Waals surface area contributed by atoms with E-state index in [0.717, 1.165) is 37.2 Å². The molecule has 1 N–H and O–H groups in total. The van der Waals surface area contributed by atoms with Gasteiger partial charge in [-0.2, -0.15) is 0 Å². The third kappa shape index (κ3) is 4.08. The van der Waals surface area contributed by atoms with Crippen LogP contribution >= 0.6 is 0 Å². The van der Waals surface area contributed by atoms with Gasteiger partial charge in [-0.1, -0.05) is 40.7 Å². The number of carbonyl (C=O) groups is 3. The molecule has 1 aromatic carbocycles. The molecule has 0 bridgehead atoms. The van der Waals surface area contributed by atoms with Gasteiger partial charge in [-0.05, 0) is 47.8 Å². The van der Waals surface area contributed by atoms with Gasteiger partial charge in [-0.3, -0.25) is 9.59 Å². The zero-order valence-electron chi connectivity index (χ0n) is 21.1. The summed E-state index contributed by atoms with van der Waals surface area (Å²) in [6.45, 7) is 11.3. The molecule has 182 valence electrons. The van der Waals surface area contributed by atoms with Crippen LogP contribution in [-0.2, 0) is 9.59 Å². The smallest absolute Gasteiger partial charge is 0.339 e. The number of benzene rings is 1. The molecular formula is C28H35NO5. The molecule has 6 heteroatoms. The van der Waals surface area contributed by atoms with Crippen LogP contribution in [0.5, 0.6) is 5.75 Å². The first-order chi connectivity index (χ1) is 15.9. The number of ether oxygens (including phenoxy) is 1. The Morgan fingerprint density at radius 2 is 1.53 bits per heavy atom. The Balaban J connectivity index is 2.01. The number of rotatable bonds is 5. The van der Waals surface area contributed by atoms with E-state index < -0.39 is 11.9 Å². The third-order valence-electron chi connectivity index (χ3n) is 7.26. The third-order valence-corrected chi connectivity index (χ3v) is 7.26. The maximum Gasteiger partial charge on any atom is 0.339 e. The highest BCUT2D eigenvalue weighted by atomic mass is 16.5. The van der Waals surface area contributed by atoms with Crippen molar-refractivity contribution in [2.75, 3.05) is 13.7 Å². The number of nitrogens with zero attached hydrogens (tertiary/aromatic N) is 1. The monoisotopic (exact) mass is 465 g/mol. The van der Waals surface area contributed by atoms with Crippen LogP contribution in [0.4, 0.5) is 0 Å². The molecule has 6 nitrogen and oxygen atoms in total. The summed E-state index contributed by atoms with van der Waals surface area (Å²) < 4.78 is 5.26. The van der Waals surface area contributed by atoms with Crippen molar-refractivity contribution in [1.29, 1.82) is 0 Å². The second kappa shape index (κ2) is 8.40. The Morgan fingerprint density at radius 3 is 1.97 bits per heavy atom. The number of allylic oxidation sites excluding steroid dienone is 4. The lowest BCUT2D eigenvalue weighted by Crippen LogP contribution is -2.44. The highest BCUT2D eigenvalue weighted by Crippen LogP contribution is 2.54.